The third-order valence-corrected chi connectivity index (χ3v) is 2.94. The number of hydrogen-bond acceptors (Lipinski definition) is 2. The fourth-order valence-electron chi connectivity index (χ4n) is 1.23. The Hall–Kier alpha value is -1.20. The highest BCUT2D eigenvalue weighted by Gasteiger charge is 1.91. The number of carbonyl (C=O) groups excluding carboxylic acids is 1. The minimum atomic E-state index is 0.161. The molecular weight excluding hydrogens is 216 g/mol. The van der Waals surface area contributed by atoms with Gasteiger partial charge in [-0.15, -0.1) is 0 Å². The number of aryl methyl sites for hydroxylation is 1. The van der Waals surface area contributed by atoms with E-state index in [1.807, 2.05) is 12.1 Å². The molecule has 0 saturated heterocycles. The Morgan fingerprint density at radius 1 is 1.31 bits per heavy atom. The molecule has 0 heterocycles. The van der Waals surface area contributed by atoms with E-state index in [1.54, 1.807) is 6.92 Å². The lowest BCUT2D eigenvalue weighted by Crippen LogP contribution is -1.84. The molecule has 2 heteroatoms. The Morgan fingerprint density at radius 2 is 2.00 bits per heavy atom. The van der Waals surface area contributed by atoms with Gasteiger partial charge < -0.3 is 0 Å². The van der Waals surface area contributed by atoms with Crippen molar-refractivity contribution in [3.8, 4) is 11.8 Å². The van der Waals surface area contributed by atoms with E-state index < -0.39 is 0 Å². The van der Waals surface area contributed by atoms with E-state index in [0.29, 0.717) is 0 Å². The van der Waals surface area contributed by atoms with E-state index in [0.717, 1.165) is 24.2 Å². The molecule has 84 valence electrons. The summed E-state index contributed by atoms with van der Waals surface area (Å²) in [6, 6.07) is 8.30. The lowest BCUT2D eigenvalue weighted by atomic mass is 10.1. The number of rotatable bonds is 3. The van der Waals surface area contributed by atoms with Gasteiger partial charge in [-0.25, -0.2) is 0 Å². The third-order valence-electron chi connectivity index (χ3n) is 2.13. The summed E-state index contributed by atoms with van der Waals surface area (Å²) in [4.78, 5) is 10.7. The zero-order valence-electron chi connectivity index (χ0n) is 9.75. The molecular formula is C14H16OS. The number of carbonyl (C=O) groups is 1. The minimum Gasteiger partial charge on any atom is -0.288 e. The number of hydrogen-bond donors (Lipinski definition) is 0. The highest BCUT2D eigenvalue weighted by Crippen LogP contribution is 2.05. The Kier molecular flexibility index (Phi) is 5.74. The van der Waals surface area contributed by atoms with Gasteiger partial charge in [-0.05, 0) is 24.1 Å². The molecule has 0 spiro atoms. The van der Waals surface area contributed by atoms with E-state index in [9.17, 15) is 4.79 Å². The number of thioether (sulfide) groups is 1. The van der Waals surface area contributed by atoms with Gasteiger partial charge in [0, 0.05) is 24.7 Å². The normalized spacial score (nSPS) is 9.38. The van der Waals surface area contributed by atoms with Crippen LogP contribution in [0.25, 0.3) is 0 Å². The van der Waals surface area contributed by atoms with Crippen molar-refractivity contribution in [1.29, 1.82) is 0 Å². The van der Waals surface area contributed by atoms with Crippen LogP contribution in [0, 0.1) is 11.8 Å². The van der Waals surface area contributed by atoms with E-state index in [4.69, 9.17) is 0 Å². The zero-order valence-corrected chi connectivity index (χ0v) is 10.6. The fraction of sp³-hybridized carbons (Fsp3) is 0.357. The molecule has 0 N–H and O–H groups in total. The Bertz CT molecular complexity index is 395. The molecule has 0 fully saturated rings. The summed E-state index contributed by atoms with van der Waals surface area (Å²) in [7, 11) is 0. The summed E-state index contributed by atoms with van der Waals surface area (Å²) < 4.78 is 0. The predicted molar refractivity (Wildman–Crippen MR) is 70.5 cm³/mol. The van der Waals surface area contributed by atoms with Crippen LogP contribution >= 0.6 is 11.8 Å². The van der Waals surface area contributed by atoms with Crippen molar-refractivity contribution in [1.82, 2.24) is 0 Å². The maximum absolute atomic E-state index is 10.7. The Morgan fingerprint density at radius 3 is 2.56 bits per heavy atom. The van der Waals surface area contributed by atoms with Crippen LogP contribution in [-0.2, 0) is 11.2 Å². The van der Waals surface area contributed by atoms with Crippen molar-refractivity contribution in [2.75, 3.05) is 5.75 Å². The minimum absolute atomic E-state index is 0.161. The predicted octanol–water partition coefficient (Wildman–Crippen LogP) is 3.27. The van der Waals surface area contributed by atoms with Crippen LogP contribution in [0.15, 0.2) is 24.3 Å². The largest absolute Gasteiger partial charge is 0.288 e. The Balaban J connectivity index is 2.41. The lowest BCUT2D eigenvalue weighted by Gasteiger charge is -1.95. The average molecular weight is 232 g/mol. The molecule has 0 atom stereocenters. The summed E-state index contributed by atoms with van der Waals surface area (Å²) in [5, 5.41) is 0.161. The molecule has 16 heavy (non-hydrogen) atoms. The average Bonchev–Trinajstić information content (AvgIpc) is 2.29. The van der Waals surface area contributed by atoms with Gasteiger partial charge in [0.25, 0.3) is 0 Å². The van der Waals surface area contributed by atoms with Crippen LogP contribution in [-0.4, -0.2) is 10.9 Å². The van der Waals surface area contributed by atoms with Gasteiger partial charge in [0.15, 0.2) is 5.12 Å². The molecule has 1 aromatic carbocycles. The van der Waals surface area contributed by atoms with Crippen molar-refractivity contribution < 1.29 is 4.79 Å². The zero-order chi connectivity index (χ0) is 11.8. The SMILES string of the molecule is CCc1ccc(C#CCCSC(C)=O)cc1. The first-order chi connectivity index (χ1) is 7.72. The second-order valence-corrected chi connectivity index (χ2v) is 4.71. The summed E-state index contributed by atoms with van der Waals surface area (Å²) in [5.74, 6) is 6.95. The van der Waals surface area contributed by atoms with Gasteiger partial charge in [-0.3, -0.25) is 4.79 Å². The smallest absolute Gasteiger partial charge is 0.185 e. The highest BCUT2D eigenvalue weighted by molar-refractivity contribution is 8.13. The van der Waals surface area contributed by atoms with Gasteiger partial charge in [0.2, 0.25) is 0 Å². The van der Waals surface area contributed by atoms with Gasteiger partial charge >= 0.3 is 0 Å². The first-order valence-electron chi connectivity index (χ1n) is 5.43. The molecule has 0 radical (unpaired) electrons. The first-order valence-corrected chi connectivity index (χ1v) is 6.42. The second kappa shape index (κ2) is 7.14. The van der Waals surface area contributed by atoms with E-state index in [-0.39, 0.29) is 5.12 Å². The molecule has 0 aliphatic carbocycles. The maximum Gasteiger partial charge on any atom is 0.185 e. The lowest BCUT2D eigenvalue weighted by molar-refractivity contribution is -0.109. The summed E-state index contributed by atoms with van der Waals surface area (Å²) in [6.07, 6.45) is 1.82. The van der Waals surface area contributed by atoms with Crippen molar-refractivity contribution >= 4 is 16.9 Å². The molecule has 0 bridgehead atoms. The molecule has 1 rings (SSSR count). The summed E-state index contributed by atoms with van der Waals surface area (Å²) >= 11 is 1.33. The quantitative estimate of drug-likeness (QED) is 0.587. The van der Waals surface area contributed by atoms with Crippen molar-refractivity contribution in [2.45, 2.75) is 26.7 Å². The van der Waals surface area contributed by atoms with E-state index >= 15 is 0 Å². The van der Waals surface area contributed by atoms with Crippen LogP contribution in [0.4, 0.5) is 0 Å². The van der Waals surface area contributed by atoms with Crippen LogP contribution in [0.5, 0.6) is 0 Å². The van der Waals surface area contributed by atoms with Crippen molar-refractivity contribution in [3.63, 3.8) is 0 Å². The van der Waals surface area contributed by atoms with Crippen LogP contribution in [0.2, 0.25) is 0 Å². The standard InChI is InChI=1S/C14H16OS/c1-3-13-7-9-14(10-8-13)6-4-5-11-16-12(2)15/h7-10H,3,5,11H2,1-2H3. The molecule has 0 amide bonds. The van der Waals surface area contributed by atoms with Crippen LogP contribution < -0.4 is 0 Å². The van der Waals surface area contributed by atoms with Crippen molar-refractivity contribution in [2.24, 2.45) is 0 Å². The fourth-order valence-corrected chi connectivity index (χ4v) is 1.73. The van der Waals surface area contributed by atoms with E-state index in [2.05, 4.69) is 30.9 Å². The molecule has 0 aliphatic heterocycles. The third kappa shape index (κ3) is 5.04. The van der Waals surface area contributed by atoms with Crippen LogP contribution in [0.3, 0.4) is 0 Å². The van der Waals surface area contributed by atoms with Crippen LogP contribution in [0.1, 0.15) is 31.4 Å². The molecule has 1 aromatic rings. The van der Waals surface area contributed by atoms with Gasteiger partial charge in [-0.2, -0.15) is 0 Å². The van der Waals surface area contributed by atoms with Gasteiger partial charge in [0.1, 0.15) is 0 Å². The Labute approximate surface area is 102 Å². The number of benzene rings is 1. The molecule has 0 saturated carbocycles. The first kappa shape index (κ1) is 12.9. The topological polar surface area (TPSA) is 17.1 Å². The van der Waals surface area contributed by atoms with E-state index in [1.165, 1.54) is 17.3 Å². The van der Waals surface area contributed by atoms with Crippen molar-refractivity contribution in [3.05, 3.63) is 35.4 Å². The summed E-state index contributed by atoms with van der Waals surface area (Å²) in [5.41, 5.74) is 2.38. The molecule has 0 unspecified atom stereocenters. The summed E-state index contributed by atoms with van der Waals surface area (Å²) in [6.45, 7) is 3.72. The second-order valence-electron chi connectivity index (χ2n) is 3.44. The monoisotopic (exact) mass is 232 g/mol. The van der Waals surface area contributed by atoms with Gasteiger partial charge in [0.05, 0.1) is 0 Å². The highest BCUT2D eigenvalue weighted by atomic mass is 32.2. The van der Waals surface area contributed by atoms with Gasteiger partial charge in [-0.1, -0.05) is 42.7 Å². The molecule has 1 nitrogen and oxygen atoms in total. The maximum atomic E-state index is 10.7. The molecule has 0 aliphatic rings. The molecule has 0 aromatic heterocycles.